The van der Waals surface area contributed by atoms with E-state index in [1.165, 1.54) is 0 Å². The van der Waals surface area contributed by atoms with Gasteiger partial charge in [0.25, 0.3) is 0 Å². The van der Waals surface area contributed by atoms with Crippen LogP contribution < -0.4 is 5.32 Å². The van der Waals surface area contributed by atoms with E-state index in [0.29, 0.717) is 11.9 Å². The van der Waals surface area contributed by atoms with E-state index in [-0.39, 0.29) is 5.91 Å². The Bertz CT molecular complexity index is 229. The van der Waals surface area contributed by atoms with Gasteiger partial charge in [-0.05, 0) is 54.1 Å². The average molecular weight is 263 g/mol. The average Bonchev–Trinajstić information content (AvgIpc) is 2.27. The van der Waals surface area contributed by atoms with Crippen LogP contribution in [0.1, 0.15) is 40.5 Å². The monoisotopic (exact) mass is 262 g/mol. The van der Waals surface area contributed by atoms with Crippen LogP contribution >= 0.6 is 11.6 Å². The van der Waals surface area contributed by atoms with Crippen LogP contribution in [0.3, 0.4) is 0 Å². The smallest absolute Gasteiger partial charge is 0.226 e. The standard InChI is InChI=1S/C13H27ClN2O/c1-11(2)16(5)9-7-6-8-15-12(17)13(3,4)10-14/h11H,6-10H2,1-5H3,(H,15,17). The van der Waals surface area contributed by atoms with Crippen LogP contribution in [0.2, 0.25) is 0 Å². The van der Waals surface area contributed by atoms with E-state index in [9.17, 15) is 4.79 Å². The number of hydrogen-bond donors (Lipinski definition) is 1. The summed E-state index contributed by atoms with van der Waals surface area (Å²) in [5.41, 5.74) is -0.462. The molecule has 0 atom stereocenters. The Morgan fingerprint density at radius 3 is 2.41 bits per heavy atom. The molecule has 0 saturated heterocycles. The van der Waals surface area contributed by atoms with Crippen molar-refractivity contribution in [3.63, 3.8) is 0 Å². The largest absolute Gasteiger partial charge is 0.356 e. The first kappa shape index (κ1) is 16.7. The molecule has 0 rings (SSSR count). The van der Waals surface area contributed by atoms with Gasteiger partial charge >= 0.3 is 0 Å². The summed E-state index contributed by atoms with van der Waals surface area (Å²) in [5.74, 6) is 0.402. The van der Waals surface area contributed by atoms with Gasteiger partial charge in [0, 0.05) is 18.5 Å². The summed E-state index contributed by atoms with van der Waals surface area (Å²) in [7, 11) is 2.12. The molecule has 0 aliphatic rings. The fourth-order valence-electron chi connectivity index (χ4n) is 1.25. The maximum Gasteiger partial charge on any atom is 0.226 e. The molecular weight excluding hydrogens is 236 g/mol. The number of carbonyl (C=O) groups is 1. The first-order chi connectivity index (χ1) is 7.81. The highest BCUT2D eigenvalue weighted by Crippen LogP contribution is 2.16. The molecule has 4 heteroatoms. The summed E-state index contributed by atoms with van der Waals surface area (Å²) in [6.45, 7) is 9.91. The van der Waals surface area contributed by atoms with Crippen molar-refractivity contribution in [2.45, 2.75) is 46.6 Å². The lowest BCUT2D eigenvalue weighted by Crippen LogP contribution is -2.38. The predicted molar refractivity (Wildman–Crippen MR) is 74.5 cm³/mol. The summed E-state index contributed by atoms with van der Waals surface area (Å²) in [4.78, 5) is 14.0. The summed E-state index contributed by atoms with van der Waals surface area (Å²) >= 11 is 5.74. The van der Waals surface area contributed by atoms with Crippen LogP contribution in [0.25, 0.3) is 0 Å². The highest BCUT2D eigenvalue weighted by atomic mass is 35.5. The molecule has 0 spiro atoms. The number of rotatable bonds is 8. The fourth-order valence-corrected chi connectivity index (χ4v) is 1.37. The number of unbranched alkanes of at least 4 members (excludes halogenated alkanes) is 1. The molecule has 0 aliphatic carbocycles. The molecule has 0 aromatic rings. The van der Waals surface area contributed by atoms with Gasteiger partial charge in [-0.2, -0.15) is 0 Å². The van der Waals surface area contributed by atoms with Crippen LogP contribution in [-0.2, 0) is 4.79 Å². The third-order valence-electron chi connectivity index (χ3n) is 3.05. The van der Waals surface area contributed by atoms with Gasteiger partial charge < -0.3 is 10.2 Å². The molecule has 1 N–H and O–H groups in total. The minimum absolute atomic E-state index is 0.0460. The molecule has 0 fully saturated rings. The van der Waals surface area contributed by atoms with Gasteiger partial charge in [-0.25, -0.2) is 0 Å². The quantitative estimate of drug-likeness (QED) is 0.538. The molecule has 3 nitrogen and oxygen atoms in total. The molecule has 102 valence electrons. The van der Waals surface area contributed by atoms with Gasteiger partial charge in [0.15, 0.2) is 0 Å². The van der Waals surface area contributed by atoms with Gasteiger partial charge in [0.1, 0.15) is 0 Å². The number of hydrogen-bond acceptors (Lipinski definition) is 2. The van der Waals surface area contributed by atoms with Gasteiger partial charge in [-0.15, -0.1) is 11.6 Å². The maximum absolute atomic E-state index is 11.7. The zero-order valence-corrected chi connectivity index (χ0v) is 12.6. The Morgan fingerprint density at radius 1 is 1.35 bits per heavy atom. The summed E-state index contributed by atoms with van der Waals surface area (Å²) in [5, 5.41) is 2.93. The van der Waals surface area contributed by atoms with E-state index in [4.69, 9.17) is 11.6 Å². The number of amides is 1. The molecule has 0 aliphatic heterocycles. The SMILES string of the molecule is CC(C)N(C)CCCCNC(=O)C(C)(C)CCl. The van der Waals surface area contributed by atoms with Gasteiger partial charge in [-0.3, -0.25) is 4.79 Å². The molecule has 17 heavy (non-hydrogen) atoms. The summed E-state index contributed by atoms with van der Waals surface area (Å²) < 4.78 is 0. The second-order valence-corrected chi connectivity index (χ2v) is 5.82. The van der Waals surface area contributed by atoms with Crippen LogP contribution in [0.5, 0.6) is 0 Å². The van der Waals surface area contributed by atoms with Gasteiger partial charge in [0.05, 0.1) is 5.41 Å². The Balaban J connectivity index is 3.62. The first-order valence-corrected chi connectivity index (χ1v) is 6.89. The van der Waals surface area contributed by atoms with E-state index < -0.39 is 5.41 Å². The lowest BCUT2D eigenvalue weighted by atomic mass is 9.95. The third kappa shape index (κ3) is 6.89. The van der Waals surface area contributed by atoms with Crippen LogP contribution in [0, 0.1) is 5.41 Å². The van der Waals surface area contributed by atoms with E-state index >= 15 is 0 Å². The lowest BCUT2D eigenvalue weighted by Gasteiger charge is -2.22. The van der Waals surface area contributed by atoms with Crippen molar-refractivity contribution in [1.29, 1.82) is 0 Å². The minimum atomic E-state index is -0.462. The Kier molecular flexibility index (Phi) is 7.80. The summed E-state index contributed by atoms with van der Waals surface area (Å²) in [6, 6.07) is 0.583. The van der Waals surface area contributed by atoms with E-state index in [0.717, 1.165) is 25.9 Å². The van der Waals surface area contributed by atoms with Gasteiger partial charge in [-0.1, -0.05) is 0 Å². The predicted octanol–water partition coefficient (Wildman–Crippen LogP) is 2.49. The zero-order valence-electron chi connectivity index (χ0n) is 11.8. The van der Waals surface area contributed by atoms with Gasteiger partial charge in [0.2, 0.25) is 5.91 Å². The lowest BCUT2D eigenvalue weighted by molar-refractivity contribution is -0.128. The highest BCUT2D eigenvalue weighted by Gasteiger charge is 2.25. The molecule has 0 heterocycles. The molecule has 0 aromatic heterocycles. The van der Waals surface area contributed by atoms with E-state index in [1.807, 2.05) is 13.8 Å². The van der Waals surface area contributed by atoms with Crippen molar-refractivity contribution < 1.29 is 4.79 Å². The molecule has 0 saturated carbocycles. The Morgan fingerprint density at radius 2 is 1.94 bits per heavy atom. The second-order valence-electron chi connectivity index (χ2n) is 5.55. The topological polar surface area (TPSA) is 32.3 Å². The third-order valence-corrected chi connectivity index (χ3v) is 3.72. The zero-order chi connectivity index (χ0) is 13.5. The van der Waals surface area contributed by atoms with Crippen molar-refractivity contribution in [2.24, 2.45) is 5.41 Å². The molecule has 0 radical (unpaired) electrons. The minimum Gasteiger partial charge on any atom is -0.356 e. The number of carbonyl (C=O) groups excluding carboxylic acids is 1. The van der Waals surface area contributed by atoms with Crippen LogP contribution in [0.15, 0.2) is 0 Å². The van der Waals surface area contributed by atoms with Crippen LogP contribution in [-0.4, -0.2) is 42.9 Å². The number of halogens is 1. The molecule has 0 unspecified atom stereocenters. The maximum atomic E-state index is 11.7. The molecule has 1 amide bonds. The molecule has 0 aromatic carbocycles. The number of nitrogens with zero attached hydrogens (tertiary/aromatic N) is 1. The fraction of sp³-hybridized carbons (Fsp3) is 0.923. The van der Waals surface area contributed by atoms with E-state index in [1.54, 1.807) is 0 Å². The summed E-state index contributed by atoms with van der Waals surface area (Å²) in [6.07, 6.45) is 2.12. The van der Waals surface area contributed by atoms with E-state index in [2.05, 4.69) is 31.1 Å². The van der Waals surface area contributed by atoms with Crippen molar-refractivity contribution in [3.05, 3.63) is 0 Å². The van der Waals surface area contributed by atoms with Crippen molar-refractivity contribution in [2.75, 3.05) is 26.0 Å². The van der Waals surface area contributed by atoms with Crippen molar-refractivity contribution in [3.8, 4) is 0 Å². The molecular formula is C13H27ClN2O. The molecule has 0 bridgehead atoms. The Labute approximate surface area is 111 Å². The first-order valence-electron chi connectivity index (χ1n) is 6.35. The number of nitrogens with one attached hydrogen (secondary N) is 1. The second kappa shape index (κ2) is 7.93. The highest BCUT2D eigenvalue weighted by molar-refractivity contribution is 6.19. The normalized spacial score (nSPS) is 12.2. The van der Waals surface area contributed by atoms with Crippen molar-refractivity contribution in [1.82, 2.24) is 10.2 Å². The van der Waals surface area contributed by atoms with Crippen molar-refractivity contribution >= 4 is 17.5 Å². The number of alkyl halides is 1. The Hall–Kier alpha value is -0.280. The van der Waals surface area contributed by atoms with Crippen LogP contribution in [0.4, 0.5) is 0 Å².